The topological polar surface area (TPSA) is 82.5 Å². The average Bonchev–Trinajstić information content (AvgIpc) is 2.65. The van der Waals surface area contributed by atoms with Crippen LogP contribution in [0, 0.1) is 5.41 Å². The van der Waals surface area contributed by atoms with E-state index in [4.69, 9.17) is 0 Å². The predicted octanol–water partition coefficient (Wildman–Crippen LogP) is 1.34. The number of aromatic nitrogens is 1. The molecule has 4 rings (SSSR count). The number of para-hydroxylation sites is 1. The number of fused-ring (bicyclic) bond motifs is 1. The van der Waals surface area contributed by atoms with Crippen LogP contribution in [0.1, 0.15) is 29.6 Å². The minimum Gasteiger partial charge on any atom is -0.392 e. The molecule has 2 saturated heterocycles. The Labute approximate surface area is 145 Å². The zero-order chi connectivity index (χ0) is 17.4. The van der Waals surface area contributed by atoms with E-state index >= 15 is 0 Å². The van der Waals surface area contributed by atoms with E-state index in [1.54, 1.807) is 17.2 Å². The van der Waals surface area contributed by atoms with Gasteiger partial charge in [-0.3, -0.25) is 14.6 Å². The quantitative estimate of drug-likeness (QED) is 0.821. The summed E-state index contributed by atoms with van der Waals surface area (Å²) in [5.74, 6) is -0.244. The number of aliphatic hydroxyl groups excluding tert-OH is 1. The minimum absolute atomic E-state index is 0.108. The molecule has 0 saturated carbocycles. The Kier molecular flexibility index (Phi) is 3.92. The van der Waals surface area contributed by atoms with Gasteiger partial charge in [-0.05, 0) is 31.4 Å². The average molecular weight is 339 g/mol. The van der Waals surface area contributed by atoms with Crippen LogP contribution in [0.4, 0.5) is 0 Å². The Morgan fingerprint density at radius 2 is 2.16 bits per heavy atom. The lowest BCUT2D eigenvalue weighted by molar-refractivity contribution is -0.147. The SMILES string of the molecule is O=C(c1ccnc2ccccc12)N1CC[C@H](O)[C@@]2(CCCNC2=O)C1. The van der Waals surface area contributed by atoms with Crippen molar-refractivity contribution >= 4 is 22.7 Å². The maximum absolute atomic E-state index is 13.1. The number of carbonyl (C=O) groups is 2. The fourth-order valence-corrected chi connectivity index (χ4v) is 4.07. The van der Waals surface area contributed by atoms with E-state index in [-0.39, 0.29) is 18.4 Å². The second kappa shape index (κ2) is 6.11. The number of hydrogen-bond acceptors (Lipinski definition) is 4. The van der Waals surface area contributed by atoms with E-state index in [0.717, 1.165) is 17.3 Å². The fourth-order valence-electron chi connectivity index (χ4n) is 4.07. The van der Waals surface area contributed by atoms with Crippen LogP contribution < -0.4 is 5.32 Å². The molecule has 1 aromatic heterocycles. The van der Waals surface area contributed by atoms with Gasteiger partial charge in [0.25, 0.3) is 5.91 Å². The standard InChI is InChI=1S/C19H21N3O3/c23-16-7-11-22(12-19(16)8-3-9-21-18(19)25)17(24)14-6-10-20-15-5-2-1-4-13(14)15/h1-2,4-6,10,16,23H,3,7-9,11-12H2,(H,21,25)/t16-,19+/m0/s1. The minimum atomic E-state index is -0.880. The number of nitrogens with one attached hydrogen (secondary N) is 1. The summed E-state index contributed by atoms with van der Waals surface area (Å²) in [4.78, 5) is 31.6. The molecule has 0 aliphatic carbocycles. The van der Waals surface area contributed by atoms with Crippen LogP contribution in [0.5, 0.6) is 0 Å². The van der Waals surface area contributed by atoms with Gasteiger partial charge in [-0.15, -0.1) is 0 Å². The zero-order valence-electron chi connectivity index (χ0n) is 13.9. The second-order valence-corrected chi connectivity index (χ2v) is 6.92. The van der Waals surface area contributed by atoms with Gasteiger partial charge in [0.2, 0.25) is 5.91 Å². The van der Waals surface area contributed by atoms with Crippen LogP contribution in [0.3, 0.4) is 0 Å². The molecular weight excluding hydrogens is 318 g/mol. The first-order valence-electron chi connectivity index (χ1n) is 8.71. The maximum Gasteiger partial charge on any atom is 0.254 e. The summed E-state index contributed by atoms with van der Waals surface area (Å²) in [5, 5.41) is 14.2. The van der Waals surface area contributed by atoms with Crippen LogP contribution in [0.2, 0.25) is 0 Å². The summed E-state index contributed by atoms with van der Waals surface area (Å²) in [5.41, 5.74) is 0.485. The molecule has 1 spiro atoms. The number of piperidine rings is 2. The van der Waals surface area contributed by atoms with Crippen molar-refractivity contribution in [2.75, 3.05) is 19.6 Å². The Morgan fingerprint density at radius 3 is 3.00 bits per heavy atom. The van der Waals surface area contributed by atoms with E-state index in [1.807, 2.05) is 24.3 Å². The van der Waals surface area contributed by atoms with Gasteiger partial charge in [0.1, 0.15) is 0 Å². The molecule has 25 heavy (non-hydrogen) atoms. The molecule has 2 atom stereocenters. The van der Waals surface area contributed by atoms with Crippen LogP contribution >= 0.6 is 0 Å². The molecule has 2 aliphatic heterocycles. The first-order valence-corrected chi connectivity index (χ1v) is 8.71. The Balaban J connectivity index is 1.67. The number of aliphatic hydroxyl groups is 1. The Morgan fingerprint density at radius 1 is 1.32 bits per heavy atom. The van der Waals surface area contributed by atoms with Crippen LogP contribution in [-0.4, -0.2) is 52.5 Å². The number of pyridine rings is 1. The van der Waals surface area contributed by atoms with Crippen molar-refractivity contribution < 1.29 is 14.7 Å². The molecule has 0 bridgehead atoms. The third-order valence-electron chi connectivity index (χ3n) is 5.49. The number of hydrogen-bond donors (Lipinski definition) is 2. The van der Waals surface area contributed by atoms with Crippen LogP contribution in [0.25, 0.3) is 10.9 Å². The first-order chi connectivity index (χ1) is 12.1. The summed E-state index contributed by atoms with van der Waals surface area (Å²) < 4.78 is 0. The number of likely N-dealkylation sites (tertiary alicyclic amines) is 1. The van der Waals surface area contributed by atoms with Crippen molar-refractivity contribution in [3.63, 3.8) is 0 Å². The molecule has 2 aliphatic rings. The highest BCUT2D eigenvalue weighted by atomic mass is 16.3. The normalized spacial score (nSPS) is 26.7. The highest BCUT2D eigenvalue weighted by molar-refractivity contribution is 6.06. The van der Waals surface area contributed by atoms with Gasteiger partial charge in [-0.2, -0.15) is 0 Å². The van der Waals surface area contributed by atoms with Gasteiger partial charge in [0.15, 0.2) is 0 Å². The Hall–Kier alpha value is -2.47. The van der Waals surface area contributed by atoms with Crippen molar-refractivity contribution in [3.8, 4) is 0 Å². The zero-order valence-corrected chi connectivity index (χ0v) is 13.9. The summed E-state index contributed by atoms with van der Waals surface area (Å²) in [6.45, 7) is 1.34. The molecule has 2 fully saturated rings. The largest absolute Gasteiger partial charge is 0.392 e. The van der Waals surface area contributed by atoms with Gasteiger partial charge in [-0.1, -0.05) is 18.2 Å². The molecule has 2 aromatic rings. The fraction of sp³-hybridized carbons (Fsp3) is 0.421. The third-order valence-corrected chi connectivity index (χ3v) is 5.49. The summed E-state index contributed by atoms with van der Waals surface area (Å²) in [6.07, 6.45) is 2.79. The van der Waals surface area contributed by atoms with E-state index in [1.165, 1.54) is 0 Å². The molecule has 2 amide bonds. The molecule has 0 radical (unpaired) electrons. The van der Waals surface area contributed by atoms with Gasteiger partial charge >= 0.3 is 0 Å². The molecule has 1 aromatic carbocycles. The monoisotopic (exact) mass is 339 g/mol. The van der Waals surface area contributed by atoms with Crippen molar-refractivity contribution in [1.29, 1.82) is 0 Å². The summed E-state index contributed by atoms with van der Waals surface area (Å²) >= 11 is 0. The van der Waals surface area contributed by atoms with E-state index in [0.29, 0.717) is 31.5 Å². The van der Waals surface area contributed by atoms with Crippen molar-refractivity contribution in [1.82, 2.24) is 15.2 Å². The highest BCUT2D eigenvalue weighted by Crippen LogP contribution is 2.38. The number of rotatable bonds is 1. The molecule has 6 nitrogen and oxygen atoms in total. The summed E-state index contributed by atoms with van der Waals surface area (Å²) in [6, 6.07) is 9.27. The van der Waals surface area contributed by atoms with Crippen LogP contribution in [0.15, 0.2) is 36.5 Å². The Bertz CT molecular complexity index is 832. The third kappa shape index (κ3) is 2.57. The number of carbonyl (C=O) groups excluding carboxylic acids is 2. The second-order valence-electron chi connectivity index (χ2n) is 6.92. The van der Waals surface area contributed by atoms with E-state index in [9.17, 15) is 14.7 Å². The molecule has 6 heteroatoms. The van der Waals surface area contributed by atoms with Crippen molar-refractivity contribution in [3.05, 3.63) is 42.1 Å². The lowest BCUT2D eigenvalue weighted by atomic mass is 9.71. The number of nitrogens with zero attached hydrogens (tertiary/aromatic N) is 2. The lowest BCUT2D eigenvalue weighted by Gasteiger charge is -2.46. The number of benzene rings is 1. The molecule has 3 heterocycles. The van der Waals surface area contributed by atoms with Gasteiger partial charge in [0, 0.05) is 31.2 Å². The van der Waals surface area contributed by atoms with Gasteiger partial charge in [0.05, 0.1) is 22.6 Å². The number of amides is 2. The lowest BCUT2D eigenvalue weighted by Crippen LogP contribution is -2.62. The van der Waals surface area contributed by atoms with Gasteiger partial charge < -0.3 is 15.3 Å². The van der Waals surface area contributed by atoms with Crippen LogP contribution in [-0.2, 0) is 4.79 Å². The highest BCUT2D eigenvalue weighted by Gasteiger charge is 2.50. The molecule has 130 valence electrons. The smallest absolute Gasteiger partial charge is 0.254 e. The first kappa shape index (κ1) is 16.0. The summed E-state index contributed by atoms with van der Waals surface area (Å²) in [7, 11) is 0. The molecule has 0 unspecified atom stereocenters. The van der Waals surface area contributed by atoms with Crippen molar-refractivity contribution in [2.45, 2.75) is 25.4 Å². The predicted molar refractivity (Wildman–Crippen MR) is 92.9 cm³/mol. The maximum atomic E-state index is 13.1. The van der Waals surface area contributed by atoms with Gasteiger partial charge in [-0.25, -0.2) is 0 Å². The van der Waals surface area contributed by atoms with Crippen molar-refractivity contribution in [2.24, 2.45) is 5.41 Å². The van der Waals surface area contributed by atoms with E-state index in [2.05, 4.69) is 10.3 Å². The molecular formula is C19H21N3O3. The molecule has 2 N–H and O–H groups in total. The van der Waals surface area contributed by atoms with E-state index < -0.39 is 11.5 Å².